The van der Waals surface area contributed by atoms with Crippen LogP contribution in [0.1, 0.15) is 47.7 Å². The second-order valence-electron chi connectivity index (χ2n) is 9.06. The number of aliphatic carboxylic acids is 1. The lowest BCUT2D eigenvalue weighted by atomic mass is 9.93. The summed E-state index contributed by atoms with van der Waals surface area (Å²) < 4.78 is 40.0. The van der Waals surface area contributed by atoms with Crippen LogP contribution in [0.15, 0.2) is 109 Å². The molecule has 190 valence electrons. The average Bonchev–Trinajstić information content (AvgIpc) is 2.91. The van der Waals surface area contributed by atoms with Gasteiger partial charge in [-0.15, -0.1) is 0 Å². The van der Waals surface area contributed by atoms with Crippen molar-refractivity contribution in [1.82, 2.24) is 4.90 Å². The Labute approximate surface area is 214 Å². The molecule has 0 aliphatic heterocycles. The third kappa shape index (κ3) is 6.66. The van der Waals surface area contributed by atoms with Crippen LogP contribution >= 0.6 is 0 Å². The van der Waals surface area contributed by atoms with E-state index in [4.69, 9.17) is 0 Å². The standard InChI is InChI=1S/C31H28F3NO2/c1-22(24-12-6-3-7-13-24)35(21-23-10-4-2-5-11-23)29(20-30(36)37)27-16-8-14-25(18-27)26-15-9-17-28(19-26)31(32,33)34/h2-19,22,29H,20-21H2,1H3,(H,36,37). The molecule has 0 bridgehead atoms. The number of alkyl halides is 3. The average molecular weight is 504 g/mol. The normalized spacial score (nSPS) is 13.3. The number of carboxylic acid groups (broad SMARTS) is 1. The fourth-order valence-corrected chi connectivity index (χ4v) is 4.63. The summed E-state index contributed by atoms with van der Waals surface area (Å²) in [5.74, 6) is -0.951. The molecule has 0 heterocycles. The van der Waals surface area contributed by atoms with Gasteiger partial charge in [-0.2, -0.15) is 13.2 Å². The Morgan fingerprint density at radius 1 is 0.784 bits per heavy atom. The summed E-state index contributed by atoms with van der Waals surface area (Å²) in [6, 6.07) is 31.4. The lowest BCUT2D eigenvalue weighted by molar-refractivity contribution is -0.139. The van der Waals surface area contributed by atoms with Gasteiger partial charge in [0.2, 0.25) is 0 Å². The highest BCUT2D eigenvalue weighted by Gasteiger charge is 2.31. The largest absolute Gasteiger partial charge is 0.481 e. The third-order valence-corrected chi connectivity index (χ3v) is 6.55. The Morgan fingerprint density at radius 2 is 1.35 bits per heavy atom. The van der Waals surface area contributed by atoms with Crippen LogP contribution in [0, 0.1) is 0 Å². The highest BCUT2D eigenvalue weighted by Crippen LogP contribution is 2.37. The van der Waals surface area contributed by atoms with E-state index in [1.165, 1.54) is 6.07 Å². The van der Waals surface area contributed by atoms with Crippen molar-refractivity contribution in [3.63, 3.8) is 0 Å². The minimum atomic E-state index is -4.45. The highest BCUT2D eigenvalue weighted by molar-refractivity contribution is 5.69. The minimum Gasteiger partial charge on any atom is -0.481 e. The van der Waals surface area contributed by atoms with Crippen LogP contribution < -0.4 is 0 Å². The van der Waals surface area contributed by atoms with Crippen LogP contribution in [0.25, 0.3) is 11.1 Å². The minimum absolute atomic E-state index is 0.122. The number of benzene rings is 4. The van der Waals surface area contributed by atoms with Gasteiger partial charge < -0.3 is 5.11 Å². The predicted molar refractivity (Wildman–Crippen MR) is 139 cm³/mol. The smallest absolute Gasteiger partial charge is 0.416 e. The maximum atomic E-state index is 13.3. The quantitative estimate of drug-likeness (QED) is 0.251. The molecule has 3 nitrogen and oxygen atoms in total. The van der Waals surface area contributed by atoms with E-state index in [0.717, 1.165) is 28.8 Å². The topological polar surface area (TPSA) is 40.5 Å². The molecule has 0 saturated carbocycles. The zero-order valence-electron chi connectivity index (χ0n) is 20.4. The van der Waals surface area contributed by atoms with E-state index in [9.17, 15) is 23.1 Å². The number of carboxylic acids is 1. The van der Waals surface area contributed by atoms with E-state index in [-0.39, 0.29) is 12.5 Å². The monoisotopic (exact) mass is 503 g/mol. The lowest BCUT2D eigenvalue weighted by Gasteiger charge is -2.37. The Morgan fingerprint density at radius 3 is 1.97 bits per heavy atom. The van der Waals surface area contributed by atoms with Gasteiger partial charge in [0.1, 0.15) is 0 Å². The maximum absolute atomic E-state index is 13.3. The number of carbonyl (C=O) groups is 1. The summed E-state index contributed by atoms with van der Waals surface area (Å²) in [7, 11) is 0. The molecule has 0 fully saturated rings. The molecule has 0 aromatic heterocycles. The molecule has 0 aliphatic rings. The molecule has 6 heteroatoms. The van der Waals surface area contributed by atoms with Crippen molar-refractivity contribution in [2.75, 3.05) is 0 Å². The first kappa shape index (κ1) is 26.2. The summed E-state index contributed by atoms with van der Waals surface area (Å²) in [6.07, 6.45) is -4.60. The van der Waals surface area contributed by atoms with Crippen LogP contribution in [-0.2, 0) is 17.5 Å². The van der Waals surface area contributed by atoms with Crippen molar-refractivity contribution in [3.05, 3.63) is 131 Å². The van der Waals surface area contributed by atoms with E-state index < -0.39 is 23.8 Å². The van der Waals surface area contributed by atoms with E-state index >= 15 is 0 Å². The van der Waals surface area contributed by atoms with Crippen molar-refractivity contribution in [2.45, 2.75) is 38.1 Å². The van der Waals surface area contributed by atoms with Crippen molar-refractivity contribution in [3.8, 4) is 11.1 Å². The van der Waals surface area contributed by atoms with Crippen molar-refractivity contribution in [1.29, 1.82) is 0 Å². The van der Waals surface area contributed by atoms with E-state index in [1.807, 2.05) is 73.7 Å². The Balaban J connectivity index is 1.78. The van der Waals surface area contributed by atoms with Gasteiger partial charge in [-0.05, 0) is 52.9 Å². The molecule has 4 aromatic rings. The summed E-state index contributed by atoms with van der Waals surface area (Å²) in [4.78, 5) is 14.2. The molecule has 37 heavy (non-hydrogen) atoms. The number of rotatable bonds is 9. The van der Waals surface area contributed by atoms with Crippen LogP contribution in [0.3, 0.4) is 0 Å². The molecule has 0 saturated heterocycles. The first-order valence-corrected chi connectivity index (χ1v) is 12.1. The summed E-state index contributed by atoms with van der Waals surface area (Å²) in [5, 5.41) is 9.87. The molecule has 2 unspecified atom stereocenters. The van der Waals surface area contributed by atoms with Crippen LogP contribution in [0.4, 0.5) is 13.2 Å². The van der Waals surface area contributed by atoms with Crippen molar-refractivity contribution in [2.24, 2.45) is 0 Å². The first-order valence-electron chi connectivity index (χ1n) is 12.1. The molecular weight excluding hydrogens is 475 g/mol. The van der Waals surface area contributed by atoms with Gasteiger partial charge in [0.05, 0.1) is 12.0 Å². The zero-order chi connectivity index (χ0) is 26.4. The molecular formula is C31H28F3NO2. The Hall–Kier alpha value is -3.90. The SMILES string of the molecule is CC(c1ccccc1)N(Cc1ccccc1)C(CC(=O)O)c1cccc(-c2cccc(C(F)(F)F)c2)c1. The van der Waals surface area contributed by atoms with E-state index in [1.54, 1.807) is 24.3 Å². The summed E-state index contributed by atoms with van der Waals surface area (Å²) in [6.45, 7) is 2.55. The number of hydrogen-bond acceptors (Lipinski definition) is 2. The number of hydrogen-bond donors (Lipinski definition) is 1. The molecule has 1 N–H and O–H groups in total. The molecule has 0 radical (unpaired) electrons. The first-order chi connectivity index (χ1) is 17.7. The van der Waals surface area contributed by atoms with Crippen molar-refractivity contribution >= 4 is 5.97 Å². The maximum Gasteiger partial charge on any atom is 0.416 e. The van der Waals surface area contributed by atoms with Gasteiger partial charge in [0.15, 0.2) is 0 Å². The Kier molecular flexibility index (Phi) is 8.09. The van der Waals surface area contributed by atoms with Crippen LogP contribution in [0.2, 0.25) is 0 Å². The molecule has 2 atom stereocenters. The number of nitrogens with zero attached hydrogens (tertiary/aromatic N) is 1. The summed E-state index contributed by atoms with van der Waals surface area (Å²) in [5.41, 5.74) is 3.12. The van der Waals surface area contributed by atoms with Gasteiger partial charge >= 0.3 is 12.1 Å². The van der Waals surface area contributed by atoms with Crippen LogP contribution in [0.5, 0.6) is 0 Å². The second-order valence-corrected chi connectivity index (χ2v) is 9.06. The fourth-order valence-electron chi connectivity index (χ4n) is 4.63. The van der Waals surface area contributed by atoms with Gasteiger partial charge in [0, 0.05) is 18.6 Å². The second kappa shape index (κ2) is 11.4. The molecule has 0 aliphatic carbocycles. The molecule has 0 spiro atoms. The summed E-state index contributed by atoms with van der Waals surface area (Å²) >= 11 is 0. The van der Waals surface area contributed by atoms with Gasteiger partial charge in [-0.25, -0.2) is 0 Å². The van der Waals surface area contributed by atoms with Gasteiger partial charge in [-0.1, -0.05) is 91.0 Å². The Bertz CT molecular complexity index is 1320. The lowest BCUT2D eigenvalue weighted by Crippen LogP contribution is -2.32. The fraction of sp³-hybridized carbons (Fsp3) is 0.194. The van der Waals surface area contributed by atoms with Gasteiger partial charge in [0.25, 0.3) is 0 Å². The van der Waals surface area contributed by atoms with E-state index in [2.05, 4.69) is 4.90 Å². The molecule has 4 rings (SSSR count). The van der Waals surface area contributed by atoms with Crippen LogP contribution in [-0.4, -0.2) is 16.0 Å². The highest BCUT2D eigenvalue weighted by atomic mass is 19.4. The van der Waals surface area contributed by atoms with Crippen molar-refractivity contribution < 1.29 is 23.1 Å². The zero-order valence-corrected chi connectivity index (χ0v) is 20.4. The molecule has 4 aromatic carbocycles. The van der Waals surface area contributed by atoms with E-state index in [0.29, 0.717) is 17.7 Å². The number of halogens is 3. The predicted octanol–water partition coefficient (Wildman–Crippen LogP) is 8.15. The third-order valence-electron chi connectivity index (χ3n) is 6.55. The molecule has 0 amide bonds. The van der Waals surface area contributed by atoms with Gasteiger partial charge in [-0.3, -0.25) is 9.69 Å².